The van der Waals surface area contributed by atoms with Crippen molar-refractivity contribution in [1.82, 2.24) is 4.90 Å². The van der Waals surface area contributed by atoms with Crippen LogP contribution in [0.4, 0.5) is 0 Å². The van der Waals surface area contributed by atoms with Gasteiger partial charge in [-0.1, -0.05) is 6.42 Å². The van der Waals surface area contributed by atoms with Gasteiger partial charge < -0.3 is 19.5 Å². The second-order valence-electron chi connectivity index (χ2n) is 6.20. The van der Waals surface area contributed by atoms with E-state index in [-0.39, 0.29) is 11.8 Å². The molecule has 2 aliphatic rings. The molecule has 1 aromatic carbocycles. The Kier molecular flexibility index (Phi) is 4.15. The van der Waals surface area contributed by atoms with Gasteiger partial charge in [-0.05, 0) is 36.8 Å². The highest BCUT2D eigenvalue weighted by molar-refractivity contribution is 5.97. The van der Waals surface area contributed by atoms with E-state index in [0.717, 1.165) is 19.3 Å². The number of carboxylic acid groups (broad SMARTS) is 1. The lowest BCUT2D eigenvalue weighted by Gasteiger charge is -2.24. The molecule has 1 amide bonds. The third-order valence-corrected chi connectivity index (χ3v) is 5.00. The van der Waals surface area contributed by atoms with E-state index in [4.69, 9.17) is 9.47 Å². The Labute approximate surface area is 135 Å². The van der Waals surface area contributed by atoms with Gasteiger partial charge in [0.15, 0.2) is 0 Å². The molecule has 124 valence electrons. The number of aliphatic carboxylic acids is 1. The number of rotatable bonds is 4. The minimum atomic E-state index is -0.914. The predicted molar refractivity (Wildman–Crippen MR) is 82.8 cm³/mol. The van der Waals surface area contributed by atoms with E-state index in [9.17, 15) is 14.7 Å². The zero-order valence-electron chi connectivity index (χ0n) is 13.3. The minimum absolute atomic E-state index is 0.0731. The summed E-state index contributed by atoms with van der Waals surface area (Å²) in [4.78, 5) is 26.1. The second-order valence-corrected chi connectivity index (χ2v) is 6.20. The lowest BCUT2D eigenvalue weighted by Crippen LogP contribution is -2.43. The normalized spacial score (nSPS) is 26.0. The third kappa shape index (κ3) is 2.73. The Morgan fingerprint density at radius 1 is 1.13 bits per heavy atom. The van der Waals surface area contributed by atoms with E-state index in [2.05, 4.69) is 0 Å². The molecule has 1 saturated heterocycles. The van der Waals surface area contributed by atoms with Crippen molar-refractivity contribution >= 4 is 11.9 Å². The first-order valence-electron chi connectivity index (χ1n) is 7.82. The van der Waals surface area contributed by atoms with Gasteiger partial charge in [-0.25, -0.2) is 4.79 Å². The highest BCUT2D eigenvalue weighted by Gasteiger charge is 2.49. The number of carbonyl (C=O) groups is 2. The van der Waals surface area contributed by atoms with Crippen molar-refractivity contribution in [1.29, 1.82) is 0 Å². The average Bonchev–Trinajstić information content (AvgIpc) is 3.13. The predicted octanol–water partition coefficient (Wildman–Crippen LogP) is 2.03. The number of methoxy groups -OCH3 is 2. The van der Waals surface area contributed by atoms with E-state index in [1.807, 2.05) is 0 Å². The molecule has 0 radical (unpaired) electrons. The molecule has 6 nitrogen and oxygen atoms in total. The summed E-state index contributed by atoms with van der Waals surface area (Å²) in [6.07, 6.45) is 2.93. The molecule has 0 aromatic heterocycles. The van der Waals surface area contributed by atoms with Gasteiger partial charge >= 0.3 is 5.97 Å². The molecule has 1 N–H and O–H groups in total. The number of fused-ring (bicyclic) bond motifs is 1. The molecule has 3 atom stereocenters. The highest BCUT2D eigenvalue weighted by atomic mass is 16.5. The molecule has 0 bridgehead atoms. The van der Waals surface area contributed by atoms with Gasteiger partial charge in [0.25, 0.3) is 5.91 Å². The number of hydrogen-bond donors (Lipinski definition) is 1. The Morgan fingerprint density at radius 3 is 2.35 bits per heavy atom. The second kappa shape index (κ2) is 6.10. The first-order chi connectivity index (χ1) is 11.0. The maximum absolute atomic E-state index is 12.9. The molecule has 23 heavy (non-hydrogen) atoms. The van der Waals surface area contributed by atoms with Crippen molar-refractivity contribution in [2.45, 2.75) is 25.3 Å². The summed E-state index contributed by atoms with van der Waals surface area (Å²) in [5.41, 5.74) is 0.396. The fourth-order valence-electron chi connectivity index (χ4n) is 3.93. The van der Waals surface area contributed by atoms with Crippen molar-refractivity contribution < 1.29 is 24.2 Å². The average molecular weight is 319 g/mol. The van der Waals surface area contributed by atoms with E-state index in [0.29, 0.717) is 29.5 Å². The summed E-state index contributed by atoms with van der Waals surface area (Å²) in [5.74, 6) is 0.209. The van der Waals surface area contributed by atoms with Crippen LogP contribution in [0.3, 0.4) is 0 Å². The van der Waals surface area contributed by atoms with Crippen LogP contribution in [0.25, 0.3) is 0 Å². The summed E-state index contributed by atoms with van der Waals surface area (Å²) >= 11 is 0. The standard InChI is InChI=1S/C17H21NO5/c1-22-12-6-11(7-13(8-12)23-2)16(19)18-9-10-4-3-5-14(10)15(18)17(20)21/h6-8,10,14-15H,3-5,9H2,1-2H3,(H,20,21). The third-order valence-electron chi connectivity index (χ3n) is 5.00. The molecular weight excluding hydrogens is 298 g/mol. The van der Waals surface area contributed by atoms with E-state index >= 15 is 0 Å². The van der Waals surface area contributed by atoms with Gasteiger partial charge in [-0.2, -0.15) is 0 Å². The van der Waals surface area contributed by atoms with Crippen LogP contribution >= 0.6 is 0 Å². The number of ether oxygens (including phenoxy) is 2. The zero-order valence-corrected chi connectivity index (χ0v) is 13.3. The van der Waals surface area contributed by atoms with Gasteiger partial charge in [0.2, 0.25) is 0 Å². The highest BCUT2D eigenvalue weighted by Crippen LogP contribution is 2.43. The molecule has 2 fully saturated rings. The smallest absolute Gasteiger partial charge is 0.326 e. The number of hydrogen-bond acceptors (Lipinski definition) is 4. The summed E-state index contributed by atoms with van der Waals surface area (Å²) in [5, 5.41) is 9.58. The number of carboxylic acids is 1. The number of likely N-dealkylation sites (tertiary alicyclic amines) is 1. The Hall–Kier alpha value is -2.24. The number of benzene rings is 1. The van der Waals surface area contributed by atoms with Crippen molar-refractivity contribution in [2.24, 2.45) is 11.8 Å². The molecule has 3 unspecified atom stereocenters. The maximum Gasteiger partial charge on any atom is 0.326 e. The first kappa shape index (κ1) is 15.6. The number of nitrogens with zero attached hydrogens (tertiary/aromatic N) is 1. The Balaban J connectivity index is 1.91. The number of amides is 1. The fraction of sp³-hybridized carbons (Fsp3) is 0.529. The molecule has 1 saturated carbocycles. The van der Waals surface area contributed by atoms with E-state index in [1.54, 1.807) is 18.2 Å². The van der Waals surface area contributed by atoms with Gasteiger partial charge in [0, 0.05) is 18.2 Å². The van der Waals surface area contributed by atoms with Crippen LogP contribution in [0.2, 0.25) is 0 Å². The molecule has 1 aromatic rings. The molecule has 0 spiro atoms. The maximum atomic E-state index is 12.9. The Morgan fingerprint density at radius 2 is 1.78 bits per heavy atom. The van der Waals surface area contributed by atoms with Crippen LogP contribution in [-0.4, -0.2) is 48.7 Å². The van der Waals surface area contributed by atoms with E-state index in [1.165, 1.54) is 19.1 Å². The summed E-state index contributed by atoms with van der Waals surface area (Å²) in [7, 11) is 3.03. The van der Waals surface area contributed by atoms with Crippen LogP contribution in [0.5, 0.6) is 11.5 Å². The van der Waals surface area contributed by atoms with Crippen molar-refractivity contribution in [3.63, 3.8) is 0 Å². The van der Waals surface area contributed by atoms with Gasteiger partial charge in [0.05, 0.1) is 14.2 Å². The van der Waals surface area contributed by atoms with Gasteiger partial charge in [-0.15, -0.1) is 0 Å². The van der Waals surface area contributed by atoms with Crippen molar-refractivity contribution in [3.8, 4) is 11.5 Å². The van der Waals surface area contributed by atoms with Crippen LogP contribution in [-0.2, 0) is 4.79 Å². The minimum Gasteiger partial charge on any atom is -0.497 e. The fourth-order valence-corrected chi connectivity index (χ4v) is 3.93. The lowest BCUT2D eigenvalue weighted by atomic mass is 9.94. The zero-order chi connectivity index (χ0) is 16.6. The molecule has 1 heterocycles. The van der Waals surface area contributed by atoms with Crippen LogP contribution in [0, 0.1) is 11.8 Å². The molecule has 1 aliphatic carbocycles. The number of carbonyl (C=O) groups excluding carboxylic acids is 1. The summed E-state index contributed by atoms with van der Waals surface area (Å²) in [6, 6.07) is 4.20. The lowest BCUT2D eigenvalue weighted by molar-refractivity contribution is -0.142. The van der Waals surface area contributed by atoms with Crippen LogP contribution < -0.4 is 9.47 Å². The van der Waals surface area contributed by atoms with Gasteiger partial charge in [-0.3, -0.25) is 4.79 Å². The topological polar surface area (TPSA) is 76.1 Å². The first-order valence-corrected chi connectivity index (χ1v) is 7.82. The summed E-state index contributed by atoms with van der Waals surface area (Å²) in [6.45, 7) is 0.514. The largest absolute Gasteiger partial charge is 0.497 e. The molecule has 3 rings (SSSR count). The van der Waals surface area contributed by atoms with Crippen molar-refractivity contribution in [2.75, 3.05) is 20.8 Å². The SMILES string of the molecule is COc1cc(OC)cc(C(=O)N2CC3CCCC3C2C(=O)O)c1. The van der Waals surface area contributed by atoms with E-state index < -0.39 is 12.0 Å². The molecule has 1 aliphatic heterocycles. The molecule has 6 heteroatoms. The van der Waals surface area contributed by atoms with Crippen LogP contribution in [0.15, 0.2) is 18.2 Å². The van der Waals surface area contributed by atoms with Crippen molar-refractivity contribution in [3.05, 3.63) is 23.8 Å². The molecular formula is C17H21NO5. The van der Waals surface area contributed by atoms with Gasteiger partial charge in [0.1, 0.15) is 17.5 Å². The summed E-state index contributed by atoms with van der Waals surface area (Å²) < 4.78 is 10.4. The quantitative estimate of drug-likeness (QED) is 0.919. The monoisotopic (exact) mass is 319 g/mol. The Bertz CT molecular complexity index is 607. The van der Waals surface area contributed by atoms with Crippen LogP contribution in [0.1, 0.15) is 29.6 Å².